The molecule has 0 aromatic heterocycles. The summed E-state index contributed by atoms with van der Waals surface area (Å²) >= 11 is 0. The molecular formula is C18H22N2O3. The highest BCUT2D eigenvalue weighted by atomic mass is 16.3. The number of rotatable bonds is 4. The minimum atomic E-state index is -0.153. The lowest BCUT2D eigenvalue weighted by Crippen LogP contribution is -2.50. The smallest absolute Gasteiger partial charge is 0.261 e. The van der Waals surface area contributed by atoms with Gasteiger partial charge >= 0.3 is 0 Å². The highest BCUT2D eigenvalue weighted by Gasteiger charge is 2.46. The number of benzene rings is 1. The van der Waals surface area contributed by atoms with Crippen LogP contribution in [0.15, 0.2) is 24.3 Å². The molecule has 2 N–H and O–H groups in total. The third kappa shape index (κ3) is 2.48. The Hall–Kier alpha value is -1.72. The molecule has 1 aromatic rings. The van der Waals surface area contributed by atoms with Gasteiger partial charge in [-0.25, -0.2) is 0 Å². The number of nitrogens with zero attached hydrogens (tertiary/aromatic N) is 1. The van der Waals surface area contributed by atoms with Gasteiger partial charge in [0.2, 0.25) is 0 Å². The van der Waals surface area contributed by atoms with Crippen LogP contribution in [0, 0.1) is 0 Å². The normalized spacial score (nSPS) is 28.8. The maximum absolute atomic E-state index is 12.6. The van der Waals surface area contributed by atoms with Crippen LogP contribution in [0.4, 0.5) is 0 Å². The Kier molecular flexibility index (Phi) is 3.50. The molecule has 2 saturated carbocycles. The summed E-state index contributed by atoms with van der Waals surface area (Å²) in [4.78, 5) is 26.7. The van der Waals surface area contributed by atoms with Crippen molar-refractivity contribution >= 4 is 11.8 Å². The number of hydrogen-bond donors (Lipinski definition) is 2. The average Bonchev–Trinajstić information content (AvgIpc) is 3.30. The first kappa shape index (κ1) is 14.8. The summed E-state index contributed by atoms with van der Waals surface area (Å²) < 4.78 is 0. The number of fused-ring (bicyclic) bond motifs is 1. The topological polar surface area (TPSA) is 69.6 Å². The van der Waals surface area contributed by atoms with Gasteiger partial charge in [0.15, 0.2) is 0 Å². The average molecular weight is 314 g/mol. The van der Waals surface area contributed by atoms with Gasteiger partial charge in [-0.3, -0.25) is 14.5 Å². The van der Waals surface area contributed by atoms with E-state index < -0.39 is 0 Å². The molecule has 2 fully saturated rings. The van der Waals surface area contributed by atoms with Gasteiger partial charge < -0.3 is 10.4 Å². The molecule has 3 aliphatic rings. The van der Waals surface area contributed by atoms with Crippen LogP contribution in [0.1, 0.15) is 59.2 Å². The Labute approximate surface area is 135 Å². The second-order valence-electron chi connectivity index (χ2n) is 7.13. The molecule has 1 aliphatic heterocycles. The monoisotopic (exact) mass is 314 g/mol. The van der Waals surface area contributed by atoms with Crippen LogP contribution in [-0.2, 0) is 0 Å². The summed E-state index contributed by atoms with van der Waals surface area (Å²) in [5.41, 5.74) is 0.956. The van der Waals surface area contributed by atoms with Gasteiger partial charge in [-0.15, -0.1) is 0 Å². The van der Waals surface area contributed by atoms with E-state index in [4.69, 9.17) is 0 Å². The van der Waals surface area contributed by atoms with Crippen molar-refractivity contribution < 1.29 is 14.7 Å². The van der Waals surface area contributed by atoms with Crippen LogP contribution in [0.5, 0.6) is 0 Å². The fraction of sp³-hybridized carbons (Fsp3) is 0.556. The van der Waals surface area contributed by atoms with Crippen molar-refractivity contribution in [2.75, 3.05) is 6.61 Å². The van der Waals surface area contributed by atoms with Crippen molar-refractivity contribution in [2.24, 2.45) is 0 Å². The zero-order valence-electron chi connectivity index (χ0n) is 13.1. The van der Waals surface area contributed by atoms with E-state index in [9.17, 15) is 14.7 Å². The summed E-state index contributed by atoms with van der Waals surface area (Å²) in [6.45, 7) is 0.168. The SMILES string of the molecule is O=C1c2ccccc2C(=O)N1C1CCCC(NC2(CO)CC2)C1. The highest BCUT2D eigenvalue weighted by molar-refractivity contribution is 6.21. The molecule has 5 heteroatoms. The lowest BCUT2D eigenvalue weighted by Gasteiger charge is -2.36. The van der Waals surface area contributed by atoms with Crippen molar-refractivity contribution in [3.63, 3.8) is 0 Å². The van der Waals surface area contributed by atoms with Crippen molar-refractivity contribution in [3.8, 4) is 0 Å². The van der Waals surface area contributed by atoms with Crippen molar-refractivity contribution in [1.82, 2.24) is 10.2 Å². The molecule has 0 radical (unpaired) electrons. The van der Waals surface area contributed by atoms with Crippen molar-refractivity contribution in [1.29, 1.82) is 0 Å². The maximum Gasteiger partial charge on any atom is 0.261 e. The Morgan fingerprint density at radius 2 is 1.78 bits per heavy atom. The predicted octanol–water partition coefficient (Wildman–Crippen LogP) is 1.71. The Balaban J connectivity index is 1.50. The number of aliphatic hydroxyl groups is 1. The van der Waals surface area contributed by atoms with Crippen molar-refractivity contribution in [2.45, 2.75) is 56.1 Å². The van der Waals surface area contributed by atoms with Gasteiger partial charge in [0.25, 0.3) is 11.8 Å². The van der Waals surface area contributed by atoms with E-state index in [1.165, 1.54) is 4.90 Å². The number of hydrogen-bond acceptors (Lipinski definition) is 4. The molecule has 122 valence electrons. The summed E-state index contributed by atoms with van der Waals surface area (Å²) in [7, 11) is 0. The first-order chi connectivity index (χ1) is 11.1. The lowest BCUT2D eigenvalue weighted by molar-refractivity contribution is 0.0526. The van der Waals surface area contributed by atoms with Gasteiger partial charge in [0.05, 0.1) is 17.7 Å². The van der Waals surface area contributed by atoms with E-state index in [1.54, 1.807) is 24.3 Å². The zero-order valence-corrected chi connectivity index (χ0v) is 13.1. The third-order valence-electron chi connectivity index (χ3n) is 5.50. The van der Waals surface area contributed by atoms with Gasteiger partial charge in [-0.2, -0.15) is 0 Å². The largest absolute Gasteiger partial charge is 0.394 e. The molecule has 0 saturated heterocycles. The highest BCUT2D eigenvalue weighted by Crippen LogP contribution is 2.38. The molecular weight excluding hydrogens is 292 g/mol. The molecule has 23 heavy (non-hydrogen) atoms. The molecule has 2 amide bonds. The number of amides is 2. The van der Waals surface area contributed by atoms with Gasteiger partial charge in [-0.05, 0) is 50.7 Å². The number of carbonyl (C=O) groups is 2. The lowest BCUT2D eigenvalue weighted by atomic mass is 9.89. The molecule has 2 unspecified atom stereocenters. The Morgan fingerprint density at radius 3 is 2.35 bits per heavy atom. The van der Waals surface area contributed by atoms with Crippen LogP contribution in [0.3, 0.4) is 0 Å². The number of carbonyl (C=O) groups excluding carboxylic acids is 2. The van der Waals surface area contributed by atoms with Crippen LogP contribution < -0.4 is 5.32 Å². The second kappa shape index (κ2) is 5.42. The minimum Gasteiger partial charge on any atom is -0.394 e. The fourth-order valence-electron chi connectivity index (χ4n) is 4.00. The summed E-state index contributed by atoms with van der Waals surface area (Å²) in [5, 5.41) is 13.0. The van der Waals surface area contributed by atoms with Crippen LogP contribution >= 0.6 is 0 Å². The number of imide groups is 1. The fourth-order valence-corrected chi connectivity index (χ4v) is 4.00. The van der Waals surface area contributed by atoms with E-state index in [0.29, 0.717) is 11.1 Å². The second-order valence-corrected chi connectivity index (χ2v) is 7.13. The minimum absolute atomic E-state index is 0.0388. The van der Waals surface area contributed by atoms with Crippen LogP contribution in [0.25, 0.3) is 0 Å². The van der Waals surface area contributed by atoms with Crippen LogP contribution in [0.2, 0.25) is 0 Å². The van der Waals surface area contributed by atoms with Crippen LogP contribution in [-0.4, -0.2) is 46.1 Å². The van der Waals surface area contributed by atoms with E-state index in [-0.39, 0.29) is 36.0 Å². The van der Waals surface area contributed by atoms with Crippen molar-refractivity contribution in [3.05, 3.63) is 35.4 Å². The molecule has 0 spiro atoms. The first-order valence-corrected chi connectivity index (χ1v) is 8.49. The van der Waals surface area contributed by atoms with E-state index in [2.05, 4.69) is 5.32 Å². The van der Waals surface area contributed by atoms with E-state index >= 15 is 0 Å². The molecule has 0 bridgehead atoms. The Morgan fingerprint density at radius 1 is 1.13 bits per heavy atom. The molecule has 1 heterocycles. The molecule has 5 nitrogen and oxygen atoms in total. The third-order valence-corrected chi connectivity index (χ3v) is 5.50. The standard InChI is InChI=1S/C18H22N2O3/c21-11-18(8-9-18)19-12-4-3-5-13(10-12)20-16(22)14-6-1-2-7-15(14)17(20)23/h1-2,6-7,12-13,19,21H,3-5,8-11H2. The maximum atomic E-state index is 12.6. The molecule has 2 aliphatic carbocycles. The summed E-state index contributed by atoms with van der Waals surface area (Å²) in [5.74, 6) is -0.306. The van der Waals surface area contributed by atoms with Gasteiger partial charge in [0, 0.05) is 17.6 Å². The summed E-state index contributed by atoms with van der Waals surface area (Å²) in [6, 6.07) is 7.31. The summed E-state index contributed by atoms with van der Waals surface area (Å²) in [6.07, 6.45) is 5.72. The number of nitrogens with one attached hydrogen (secondary N) is 1. The molecule has 1 aromatic carbocycles. The predicted molar refractivity (Wildman–Crippen MR) is 85.2 cm³/mol. The zero-order chi connectivity index (χ0) is 16.0. The molecule has 2 atom stereocenters. The quantitative estimate of drug-likeness (QED) is 0.830. The van der Waals surface area contributed by atoms with E-state index in [0.717, 1.165) is 38.5 Å². The number of aliphatic hydroxyl groups excluding tert-OH is 1. The first-order valence-electron chi connectivity index (χ1n) is 8.49. The van der Waals surface area contributed by atoms with E-state index in [1.807, 2.05) is 0 Å². The van der Waals surface area contributed by atoms with Gasteiger partial charge in [0.1, 0.15) is 0 Å². The molecule has 4 rings (SSSR count). The van der Waals surface area contributed by atoms with Gasteiger partial charge in [-0.1, -0.05) is 12.1 Å². The Bertz CT molecular complexity index is 618.